The molecule has 4 N–H and O–H groups in total. The maximum absolute atomic E-state index is 11.6. The van der Waals surface area contributed by atoms with Crippen LogP contribution >= 0.6 is 0 Å². The molecule has 6 heteroatoms. The third kappa shape index (κ3) is 2.34. The van der Waals surface area contributed by atoms with Crippen LogP contribution in [0, 0.1) is 0 Å². The van der Waals surface area contributed by atoms with Crippen LogP contribution in [0.4, 0.5) is 0 Å². The summed E-state index contributed by atoms with van der Waals surface area (Å²) in [6, 6.07) is 5.24. The number of rotatable bonds is 3. The minimum absolute atomic E-state index is 0.281. The number of nitrogens with zero attached hydrogens (tertiary/aromatic N) is 3. The number of benzene rings is 1. The smallest absolute Gasteiger partial charge is 0.253 e. The van der Waals surface area contributed by atoms with Gasteiger partial charge in [-0.2, -0.15) is 0 Å². The molecule has 1 aromatic heterocycles. The van der Waals surface area contributed by atoms with Crippen LogP contribution in [0.3, 0.4) is 0 Å². The van der Waals surface area contributed by atoms with E-state index in [1.54, 1.807) is 6.33 Å². The Bertz CT molecular complexity index is 575. The highest BCUT2D eigenvalue weighted by Crippen LogP contribution is 2.15. The van der Waals surface area contributed by atoms with Crippen LogP contribution in [0.5, 0.6) is 0 Å². The zero-order chi connectivity index (χ0) is 13.3. The fraction of sp³-hybridized carbons (Fsp3) is 0.333. The van der Waals surface area contributed by atoms with Gasteiger partial charge in [0.2, 0.25) is 0 Å². The summed E-state index contributed by atoms with van der Waals surface area (Å²) < 4.78 is 1.94. The first-order chi connectivity index (χ1) is 8.49. The molecule has 1 heterocycles. The Labute approximate surface area is 105 Å². The van der Waals surface area contributed by atoms with E-state index in [4.69, 9.17) is 11.6 Å². The molecule has 0 aliphatic heterocycles. The van der Waals surface area contributed by atoms with Crippen LogP contribution < -0.4 is 11.6 Å². The number of nitrogens with two attached hydrogens (primary N) is 2. The van der Waals surface area contributed by atoms with Gasteiger partial charge in [0, 0.05) is 14.1 Å². The third-order valence-electron chi connectivity index (χ3n) is 2.91. The standard InChI is InChI=1S/C12H17N5O/c1-16-7-15-10-6-8(3-4-11(10)16)5-9(13)12(18)17(2)14/h3-4,6-7,9H,5,13-14H2,1-2H3. The van der Waals surface area contributed by atoms with Crippen molar-refractivity contribution in [3.63, 3.8) is 0 Å². The van der Waals surface area contributed by atoms with Crippen molar-refractivity contribution in [2.75, 3.05) is 7.05 Å². The van der Waals surface area contributed by atoms with Crippen molar-refractivity contribution >= 4 is 16.9 Å². The van der Waals surface area contributed by atoms with Gasteiger partial charge in [-0.05, 0) is 24.1 Å². The number of hydrazine groups is 1. The molecular weight excluding hydrogens is 230 g/mol. The lowest BCUT2D eigenvalue weighted by molar-refractivity contribution is -0.131. The molecule has 0 radical (unpaired) electrons. The Balaban J connectivity index is 2.19. The first kappa shape index (κ1) is 12.5. The van der Waals surface area contributed by atoms with Crippen LogP contribution in [0.1, 0.15) is 5.56 Å². The molecule has 0 saturated heterocycles. The van der Waals surface area contributed by atoms with E-state index in [2.05, 4.69) is 4.98 Å². The predicted octanol–water partition coefficient (Wildman–Crippen LogP) is -0.225. The van der Waals surface area contributed by atoms with E-state index in [1.165, 1.54) is 7.05 Å². The summed E-state index contributed by atoms with van der Waals surface area (Å²) in [5, 5.41) is 1.02. The topological polar surface area (TPSA) is 90.2 Å². The average molecular weight is 247 g/mol. The number of carbonyl (C=O) groups excluding carboxylic acids is 1. The minimum atomic E-state index is -0.624. The van der Waals surface area contributed by atoms with Crippen molar-refractivity contribution < 1.29 is 4.79 Å². The van der Waals surface area contributed by atoms with Crippen LogP contribution in [-0.2, 0) is 18.3 Å². The summed E-state index contributed by atoms with van der Waals surface area (Å²) >= 11 is 0. The van der Waals surface area contributed by atoms with Gasteiger partial charge in [-0.15, -0.1) is 0 Å². The largest absolute Gasteiger partial charge is 0.334 e. The predicted molar refractivity (Wildman–Crippen MR) is 69.4 cm³/mol. The molecule has 2 rings (SSSR count). The van der Waals surface area contributed by atoms with Crippen LogP contribution in [0.15, 0.2) is 24.5 Å². The van der Waals surface area contributed by atoms with Gasteiger partial charge in [0.25, 0.3) is 5.91 Å². The molecule has 0 aliphatic rings. The zero-order valence-electron chi connectivity index (χ0n) is 10.5. The third-order valence-corrected chi connectivity index (χ3v) is 2.91. The molecule has 1 atom stereocenters. The van der Waals surface area contributed by atoms with E-state index in [9.17, 15) is 4.79 Å². The average Bonchev–Trinajstić information content (AvgIpc) is 2.69. The second-order valence-corrected chi connectivity index (χ2v) is 4.44. The Morgan fingerprint density at radius 1 is 1.56 bits per heavy atom. The number of likely N-dealkylation sites (N-methyl/N-ethyl adjacent to an activating group) is 1. The monoisotopic (exact) mass is 247 g/mol. The van der Waals surface area contributed by atoms with Crippen LogP contribution in [-0.4, -0.2) is 33.6 Å². The van der Waals surface area contributed by atoms with Crippen molar-refractivity contribution in [1.82, 2.24) is 14.6 Å². The quantitative estimate of drug-likeness (QED) is 0.445. The van der Waals surface area contributed by atoms with Gasteiger partial charge in [0.15, 0.2) is 0 Å². The Kier molecular flexibility index (Phi) is 3.31. The molecule has 0 bridgehead atoms. The molecule has 6 nitrogen and oxygen atoms in total. The van der Waals surface area contributed by atoms with Crippen molar-refractivity contribution in [3.8, 4) is 0 Å². The normalized spacial score (nSPS) is 12.7. The van der Waals surface area contributed by atoms with Crippen LogP contribution in [0.25, 0.3) is 11.0 Å². The summed E-state index contributed by atoms with van der Waals surface area (Å²) in [6.45, 7) is 0. The second kappa shape index (κ2) is 4.75. The second-order valence-electron chi connectivity index (χ2n) is 4.44. The SMILES string of the molecule is CN(N)C(=O)C(N)Cc1ccc2c(c1)ncn2C. The van der Waals surface area contributed by atoms with Crippen molar-refractivity contribution in [2.45, 2.75) is 12.5 Å². The van der Waals surface area contributed by atoms with Gasteiger partial charge in [-0.3, -0.25) is 9.80 Å². The van der Waals surface area contributed by atoms with Gasteiger partial charge in [-0.25, -0.2) is 10.8 Å². The fourth-order valence-electron chi connectivity index (χ4n) is 1.91. The lowest BCUT2D eigenvalue weighted by Gasteiger charge is -2.16. The van der Waals surface area contributed by atoms with Gasteiger partial charge in [0.05, 0.1) is 23.4 Å². The van der Waals surface area contributed by atoms with E-state index >= 15 is 0 Å². The Hall–Kier alpha value is -1.92. The van der Waals surface area contributed by atoms with Gasteiger partial charge in [0.1, 0.15) is 0 Å². The highest BCUT2D eigenvalue weighted by molar-refractivity contribution is 5.81. The number of hydrogen-bond acceptors (Lipinski definition) is 4. The highest BCUT2D eigenvalue weighted by Gasteiger charge is 2.16. The van der Waals surface area contributed by atoms with Crippen molar-refractivity contribution in [2.24, 2.45) is 18.6 Å². The van der Waals surface area contributed by atoms with Crippen molar-refractivity contribution in [3.05, 3.63) is 30.1 Å². The van der Waals surface area contributed by atoms with E-state index in [0.29, 0.717) is 6.42 Å². The molecule has 1 amide bonds. The number of fused-ring (bicyclic) bond motifs is 1. The molecule has 0 spiro atoms. The zero-order valence-corrected chi connectivity index (χ0v) is 10.5. The summed E-state index contributed by atoms with van der Waals surface area (Å²) in [5.74, 6) is 5.09. The first-order valence-corrected chi connectivity index (χ1v) is 5.67. The molecule has 0 fully saturated rings. The Morgan fingerprint density at radius 3 is 2.94 bits per heavy atom. The molecule has 1 aromatic carbocycles. The van der Waals surface area contributed by atoms with E-state index in [-0.39, 0.29) is 5.91 Å². The highest BCUT2D eigenvalue weighted by atomic mass is 16.2. The van der Waals surface area contributed by atoms with Crippen LogP contribution in [0.2, 0.25) is 0 Å². The number of imidazole rings is 1. The maximum Gasteiger partial charge on any atom is 0.253 e. The summed E-state index contributed by atoms with van der Waals surface area (Å²) in [4.78, 5) is 15.8. The number of aromatic nitrogens is 2. The van der Waals surface area contributed by atoms with E-state index < -0.39 is 6.04 Å². The lowest BCUT2D eigenvalue weighted by atomic mass is 10.1. The lowest BCUT2D eigenvalue weighted by Crippen LogP contribution is -2.46. The number of amides is 1. The number of carbonyl (C=O) groups is 1. The first-order valence-electron chi connectivity index (χ1n) is 5.67. The minimum Gasteiger partial charge on any atom is -0.334 e. The molecule has 0 aliphatic carbocycles. The maximum atomic E-state index is 11.6. The number of hydrogen-bond donors (Lipinski definition) is 2. The summed E-state index contributed by atoms with van der Waals surface area (Å²) in [5.41, 5.74) is 8.73. The molecule has 0 saturated carbocycles. The summed E-state index contributed by atoms with van der Waals surface area (Å²) in [7, 11) is 3.43. The molecule has 96 valence electrons. The van der Waals surface area contributed by atoms with Gasteiger partial charge < -0.3 is 10.3 Å². The van der Waals surface area contributed by atoms with Crippen molar-refractivity contribution in [1.29, 1.82) is 0 Å². The summed E-state index contributed by atoms with van der Waals surface area (Å²) in [6.07, 6.45) is 2.21. The van der Waals surface area contributed by atoms with E-state index in [0.717, 1.165) is 21.6 Å². The van der Waals surface area contributed by atoms with Gasteiger partial charge >= 0.3 is 0 Å². The molecule has 1 unspecified atom stereocenters. The molecular formula is C12H17N5O. The van der Waals surface area contributed by atoms with E-state index in [1.807, 2.05) is 29.8 Å². The molecule has 2 aromatic rings. The fourth-order valence-corrected chi connectivity index (χ4v) is 1.91. The number of aryl methyl sites for hydroxylation is 1. The molecule has 18 heavy (non-hydrogen) atoms. The Morgan fingerprint density at radius 2 is 2.28 bits per heavy atom. The van der Waals surface area contributed by atoms with Gasteiger partial charge in [-0.1, -0.05) is 6.07 Å².